The van der Waals surface area contributed by atoms with Gasteiger partial charge in [-0.15, -0.1) is 0 Å². The molecule has 5 heteroatoms. The van der Waals surface area contributed by atoms with Crippen molar-refractivity contribution >= 4 is 17.6 Å². The third kappa shape index (κ3) is 5.27. The molecule has 0 saturated carbocycles. The Bertz CT molecular complexity index is 996. The first kappa shape index (κ1) is 19.3. The Labute approximate surface area is 165 Å². The molecule has 0 aliphatic heterocycles. The van der Waals surface area contributed by atoms with Gasteiger partial charge in [0.2, 0.25) is 5.96 Å². The third-order valence-corrected chi connectivity index (χ3v) is 4.32. The molecule has 2 aromatic carbocycles. The number of nitrogens with one attached hydrogen (secondary N) is 2. The number of carbonyl (C=O) groups is 1. The number of rotatable bonds is 4. The van der Waals surface area contributed by atoms with Gasteiger partial charge in [-0.2, -0.15) is 0 Å². The predicted molar refractivity (Wildman–Crippen MR) is 114 cm³/mol. The van der Waals surface area contributed by atoms with E-state index in [1.54, 1.807) is 18.5 Å². The summed E-state index contributed by atoms with van der Waals surface area (Å²) in [5, 5.41) is 6.17. The Hall–Kier alpha value is -3.47. The molecule has 28 heavy (non-hydrogen) atoms. The highest BCUT2D eigenvalue weighted by atomic mass is 16.1. The maximum absolute atomic E-state index is 12.7. The number of aryl methyl sites for hydroxylation is 3. The van der Waals surface area contributed by atoms with E-state index < -0.39 is 0 Å². The average molecular weight is 372 g/mol. The molecule has 1 heterocycles. The molecular formula is C23H24N4O. The van der Waals surface area contributed by atoms with Gasteiger partial charge < -0.3 is 5.32 Å². The first-order valence-electron chi connectivity index (χ1n) is 9.17. The fraction of sp³-hybridized carbons (Fsp3) is 0.174. The minimum absolute atomic E-state index is 0.200. The topological polar surface area (TPSA) is 66.4 Å². The van der Waals surface area contributed by atoms with Gasteiger partial charge in [0.15, 0.2) is 0 Å². The first-order chi connectivity index (χ1) is 13.5. The number of carbonyl (C=O) groups excluding carboxylic acids is 1. The van der Waals surface area contributed by atoms with Gasteiger partial charge in [-0.3, -0.25) is 15.1 Å². The number of pyridine rings is 1. The molecule has 0 aliphatic carbocycles. The molecule has 0 spiro atoms. The van der Waals surface area contributed by atoms with E-state index in [2.05, 4.69) is 33.6 Å². The number of hydrogen-bond acceptors (Lipinski definition) is 3. The van der Waals surface area contributed by atoms with Crippen LogP contribution in [0, 0.1) is 20.8 Å². The molecule has 1 amide bonds. The summed E-state index contributed by atoms with van der Waals surface area (Å²) in [6.45, 7) is 6.47. The second-order valence-electron chi connectivity index (χ2n) is 6.79. The third-order valence-electron chi connectivity index (χ3n) is 4.32. The lowest BCUT2D eigenvalue weighted by Crippen LogP contribution is -2.36. The van der Waals surface area contributed by atoms with Crippen molar-refractivity contribution in [3.63, 3.8) is 0 Å². The summed E-state index contributed by atoms with van der Waals surface area (Å²) >= 11 is 0. The van der Waals surface area contributed by atoms with Gasteiger partial charge in [0.1, 0.15) is 0 Å². The summed E-state index contributed by atoms with van der Waals surface area (Å²) in [6, 6.07) is 17.4. The Kier molecular flexibility index (Phi) is 6.17. The van der Waals surface area contributed by atoms with Gasteiger partial charge >= 0.3 is 0 Å². The smallest absolute Gasteiger partial charge is 0.257 e. The Morgan fingerprint density at radius 1 is 0.964 bits per heavy atom. The average Bonchev–Trinajstić information content (AvgIpc) is 2.69. The molecule has 1 aromatic heterocycles. The van der Waals surface area contributed by atoms with Crippen LogP contribution < -0.4 is 10.6 Å². The lowest BCUT2D eigenvalue weighted by atomic mass is 10.1. The van der Waals surface area contributed by atoms with E-state index >= 15 is 0 Å². The zero-order valence-corrected chi connectivity index (χ0v) is 16.4. The van der Waals surface area contributed by atoms with Crippen LogP contribution in [0.25, 0.3) is 0 Å². The summed E-state index contributed by atoms with van der Waals surface area (Å²) in [7, 11) is 0. The van der Waals surface area contributed by atoms with Crippen LogP contribution >= 0.6 is 0 Å². The molecule has 0 bridgehead atoms. The molecule has 0 atom stereocenters. The second kappa shape index (κ2) is 8.95. The number of hydrogen-bond donors (Lipinski definition) is 2. The van der Waals surface area contributed by atoms with Gasteiger partial charge in [-0.25, -0.2) is 4.99 Å². The molecule has 0 aliphatic rings. The van der Waals surface area contributed by atoms with Crippen molar-refractivity contribution < 1.29 is 4.79 Å². The van der Waals surface area contributed by atoms with E-state index in [0.29, 0.717) is 18.1 Å². The number of aliphatic imine (C=N–C) groups is 1. The van der Waals surface area contributed by atoms with Crippen LogP contribution in [-0.2, 0) is 6.54 Å². The fourth-order valence-electron chi connectivity index (χ4n) is 2.82. The minimum Gasteiger partial charge on any atom is -0.326 e. The monoisotopic (exact) mass is 372 g/mol. The maximum Gasteiger partial charge on any atom is 0.257 e. The highest BCUT2D eigenvalue weighted by Gasteiger charge is 2.10. The molecule has 3 rings (SSSR count). The van der Waals surface area contributed by atoms with Gasteiger partial charge in [0.25, 0.3) is 5.91 Å². The predicted octanol–water partition coefficient (Wildman–Crippen LogP) is 4.40. The summed E-state index contributed by atoms with van der Waals surface area (Å²) in [4.78, 5) is 21.3. The van der Waals surface area contributed by atoms with Gasteiger partial charge in [0.05, 0.1) is 6.54 Å². The zero-order valence-electron chi connectivity index (χ0n) is 16.4. The number of benzene rings is 2. The molecule has 142 valence electrons. The van der Waals surface area contributed by atoms with E-state index in [9.17, 15) is 4.79 Å². The number of anilines is 1. The van der Waals surface area contributed by atoms with Crippen LogP contribution in [0.3, 0.4) is 0 Å². The van der Waals surface area contributed by atoms with Crippen LogP contribution in [0.1, 0.15) is 32.6 Å². The van der Waals surface area contributed by atoms with Crippen molar-refractivity contribution in [1.29, 1.82) is 0 Å². The van der Waals surface area contributed by atoms with E-state index in [4.69, 9.17) is 0 Å². The largest absolute Gasteiger partial charge is 0.326 e. The molecule has 0 unspecified atom stereocenters. The highest BCUT2D eigenvalue weighted by molar-refractivity contribution is 6.10. The van der Waals surface area contributed by atoms with E-state index in [-0.39, 0.29) is 5.91 Å². The van der Waals surface area contributed by atoms with Crippen LogP contribution in [0.4, 0.5) is 5.69 Å². The number of guanidine groups is 1. The van der Waals surface area contributed by atoms with Crippen LogP contribution in [-0.4, -0.2) is 16.9 Å². The molecule has 2 N–H and O–H groups in total. The summed E-state index contributed by atoms with van der Waals surface area (Å²) < 4.78 is 0. The van der Waals surface area contributed by atoms with Crippen molar-refractivity contribution in [3.8, 4) is 0 Å². The number of nitrogens with zero attached hydrogens (tertiary/aromatic N) is 2. The molecule has 0 radical (unpaired) electrons. The lowest BCUT2D eigenvalue weighted by molar-refractivity contribution is 0.0977. The zero-order chi connectivity index (χ0) is 19.9. The highest BCUT2D eigenvalue weighted by Crippen LogP contribution is 2.16. The van der Waals surface area contributed by atoms with Gasteiger partial charge in [-0.1, -0.05) is 35.4 Å². The molecule has 3 aromatic rings. The molecule has 0 saturated heterocycles. The summed E-state index contributed by atoms with van der Waals surface area (Å²) in [5.41, 5.74) is 5.82. The van der Waals surface area contributed by atoms with E-state index in [1.807, 2.05) is 56.3 Å². The minimum atomic E-state index is -0.200. The maximum atomic E-state index is 12.7. The lowest BCUT2D eigenvalue weighted by Gasteiger charge is -2.14. The standard InChI is InChI=1S/C23H24N4O/c1-16-5-4-6-20(14-16)22(28)27-23(25-15-19-9-11-24-12-10-19)26-21-8-7-17(2)13-18(21)3/h4-14H,15H2,1-3H3,(H2,25,26,27,28). The summed E-state index contributed by atoms with van der Waals surface area (Å²) in [5.74, 6) is 0.213. The Morgan fingerprint density at radius 3 is 2.43 bits per heavy atom. The molecular weight excluding hydrogens is 348 g/mol. The summed E-state index contributed by atoms with van der Waals surface area (Å²) in [6.07, 6.45) is 3.46. The van der Waals surface area contributed by atoms with Crippen molar-refractivity contribution in [3.05, 3.63) is 94.8 Å². The fourth-order valence-corrected chi connectivity index (χ4v) is 2.82. The van der Waals surface area contributed by atoms with Crippen molar-refractivity contribution in [2.24, 2.45) is 4.99 Å². The first-order valence-corrected chi connectivity index (χ1v) is 9.17. The Morgan fingerprint density at radius 2 is 1.71 bits per heavy atom. The molecule has 0 fully saturated rings. The van der Waals surface area contributed by atoms with E-state index in [0.717, 1.165) is 22.4 Å². The molecule has 5 nitrogen and oxygen atoms in total. The van der Waals surface area contributed by atoms with Crippen molar-refractivity contribution in [1.82, 2.24) is 10.3 Å². The normalized spacial score (nSPS) is 11.2. The van der Waals surface area contributed by atoms with Crippen molar-refractivity contribution in [2.45, 2.75) is 27.3 Å². The number of aromatic nitrogens is 1. The second-order valence-corrected chi connectivity index (χ2v) is 6.79. The number of amides is 1. The van der Waals surface area contributed by atoms with E-state index in [1.165, 1.54) is 5.56 Å². The van der Waals surface area contributed by atoms with Crippen LogP contribution in [0.15, 0.2) is 72.0 Å². The van der Waals surface area contributed by atoms with Crippen molar-refractivity contribution in [2.75, 3.05) is 5.32 Å². The SMILES string of the molecule is Cc1cccc(C(=O)NC(=NCc2ccncc2)Nc2ccc(C)cc2C)c1. The van der Waals surface area contributed by atoms with Gasteiger partial charge in [-0.05, 0) is 62.2 Å². The Balaban J connectivity index is 1.84. The van der Waals surface area contributed by atoms with Crippen LogP contribution in [0.2, 0.25) is 0 Å². The van der Waals surface area contributed by atoms with Gasteiger partial charge in [0, 0.05) is 23.6 Å². The quantitative estimate of drug-likeness (QED) is 0.527. The van der Waals surface area contributed by atoms with Crippen LogP contribution in [0.5, 0.6) is 0 Å².